The molecule has 12 nitrogen and oxygen atoms in total. The Bertz CT molecular complexity index is 2210. The predicted molar refractivity (Wildman–Crippen MR) is 217 cm³/mol. The number of aromatic nitrogens is 6. The van der Waals surface area contributed by atoms with Crippen LogP contribution in [0.3, 0.4) is 0 Å². The van der Waals surface area contributed by atoms with Gasteiger partial charge in [0, 0.05) is 23.2 Å². The lowest BCUT2D eigenvalue weighted by Crippen LogP contribution is -2.37. The van der Waals surface area contributed by atoms with Crippen LogP contribution in [0, 0.1) is 13.8 Å². The number of nitrogens with one attached hydrogen (secondary N) is 2. The van der Waals surface area contributed by atoms with Gasteiger partial charge < -0.3 is 31.9 Å². The van der Waals surface area contributed by atoms with Crippen molar-refractivity contribution in [3.05, 3.63) is 82.9 Å². The van der Waals surface area contributed by atoms with Gasteiger partial charge in [0.25, 0.3) is 0 Å². The molecule has 13 heteroatoms. The van der Waals surface area contributed by atoms with Crippen LogP contribution in [0.15, 0.2) is 66.7 Å². The number of halogens is 1. The molecule has 0 radical (unpaired) electrons. The maximum Gasteiger partial charge on any atom is 0.226 e. The van der Waals surface area contributed by atoms with Crippen LogP contribution in [-0.4, -0.2) is 92.1 Å². The van der Waals surface area contributed by atoms with Crippen molar-refractivity contribution in [3.63, 3.8) is 0 Å². The van der Waals surface area contributed by atoms with Gasteiger partial charge in [-0.1, -0.05) is 65.7 Å². The second-order valence-corrected chi connectivity index (χ2v) is 14.6. The first-order chi connectivity index (χ1) is 25.6. The van der Waals surface area contributed by atoms with Gasteiger partial charge in [0.05, 0.1) is 27.2 Å². The lowest BCUT2D eigenvalue weighted by molar-refractivity contribution is 0.263. The molecule has 2 saturated heterocycles. The number of nitrogens with zero attached hydrogens (tertiary/aromatic N) is 8. The van der Waals surface area contributed by atoms with E-state index in [9.17, 15) is 0 Å². The Morgan fingerprint density at radius 3 is 1.85 bits per heavy atom. The van der Waals surface area contributed by atoms with Crippen LogP contribution < -0.4 is 22.1 Å². The number of anilines is 4. The van der Waals surface area contributed by atoms with Crippen molar-refractivity contribution in [2.24, 2.45) is 0 Å². The van der Waals surface area contributed by atoms with Gasteiger partial charge in [-0.15, -0.1) is 0 Å². The van der Waals surface area contributed by atoms with Gasteiger partial charge in [-0.05, 0) is 104 Å². The van der Waals surface area contributed by atoms with E-state index < -0.39 is 0 Å². The van der Waals surface area contributed by atoms with Gasteiger partial charge in [-0.3, -0.25) is 0 Å². The van der Waals surface area contributed by atoms with Gasteiger partial charge in [0.2, 0.25) is 11.9 Å². The molecule has 0 saturated carbocycles. The predicted octanol–water partition coefficient (Wildman–Crippen LogP) is 6.83. The molecule has 0 spiro atoms. The van der Waals surface area contributed by atoms with E-state index in [0.29, 0.717) is 63.0 Å². The molecule has 4 aromatic heterocycles. The zero-order valence-electron chi connectivity index (χ0n) is 30.8. The summed E-state index contributed by atoms with van der Waals surface area (Å²) >= 11 is 6.59. The molecule has 274 valence electrons. The van der Waals surface area contributed by atoms with Crippen LogP contribution in [0.1, 0.15) is 36.8 Å². The smallest absolute Gasteiger partial charge is 0.226 e. The fourth-order valence-electron chi connectivity index (χ4n) is 6.93. The highest BCUT2D eigenvalue weighted by Crippen LogP contribution is 2.35. The van der Waals surface area contributed by atoms with E-state index in [-0.39, 0.29) is 0 Å². The Kier molecular flexibility index (Phi) is 10.8. The second-order valence-electron chi connectivity index (χ2n) is 14.2. The van der Waals surface area contributed by atoms with Crippen molar-refractivity contribution < 1.29 is 0 Å². The molecule has 0 amide bonds. The topological polar surface area (TPSA) is 160 Å². The molecule has 6 N–H and O–H groups in total. The summed E-state index contributed by atoms with van der Waals surface area (Å²) in [5.74, 6) is 1.97. The highest BCUT2D eigenvalue weighted by atomic mass is 35.5. The van der Waals surface area contributed by atoms with E-state index in [2.05, 4.69) is 79.6 Å². The first-order valence-corrected chi connectivity index (χ1v) is 18.6. The minimum atomic E-state index is 0.347. The normalized spacial score (nSPS) is 16.0. The van der Waals surface area contributed by atoms with E-state index >= 15 is 0 Å². The number of nitrogens with two attached hydrogens (primary N) is 2. The molecule has 53 heavy (non-hydrogen) atoms. The van der Waals surface area contributed by atoms with E-state index in [1.807, 2.05) is 55.5 Å². The average molecular weight is 731 g/mol. The van der Waals surface area contributed by atoms with Crippen LogP contribution >= 0.6 is 11.6 Å². The van der Waals surface area contributed by atoms with Crippen molar-refractivity contribution in [1.82, 2.24) is 39.7 Å². The van der Waals surface area contributed by atoms with E-state index in [1.54, 1.807) is 0 Å². The number of benzene rings is 2. The minimum absolute atomic E-state index is 0.347. The van der Waals surface area contributed by atoms with E-state index in [0.717, 1.165) is 79.6 Å². The third-order valence-electron chi connectivity index (χ3n) is 10.1. The third-order valence-corrected chi connectivity index (χ3v) is 10.6. The number of fused-ring (bicyclic) bond motifs is 2. The van der Waals surface area contributed by atoms with Gasteiger partial charge in [-0.2, -0.15) is 19.9 Å². The molecule has 6 aromatic rings. The molecular weight excluding hydrogens is 684 g/mol. The maximum atomic E-state index is 6.59. The van der Waals surface area contributed by atoms with E-state index in [4.69, 9.17) is 33.0 Å². The highest BCUT2D eigenvalue weighted by molar-refractivity contribution is 6.35. The van der Waals surface area contributed by atoms with E-state index in [1.165, 1.54) is 5.56 Å². The molecule has 8 rings (SSSR count). The number of aryl methyl sites for hydroxylation is 2. The number of hydrogen-bond donors (Lipinski definition) is 4. The Labute approximate surface area is 315 Å². The summed E-state index contributed by atoms with van der Waals surface area (Å²) < 4.78 is 0. The number of hydrogen-bond acceptors (Lipinski definition) is 12. The lowest BCUT2D eigenvalue weighted by atomic mass is 10.1. The molecule has 2 aromatic carbocycles. The summed E-state index contributed by atoms with van der Waals surface area (Å²) in [6.07, 6.45) is 4.27. The molecule has 2 aliphatic rings. The molecule has 0 atom stereocenters. The first-order valence-electron chi connectivity index (χ1n) is 18.2. The molecule has 6 heterocycles. The number of nitrogen functional groups attached to an aromatic ring is 2. The van der Waals surface area contributed by atoms with Crippen molar-refractivity contribution >= 4 is 57.2 Å². The SMILES string of the molecule is Cc1c(Cl)c(-c2ccccc2)nc2nc(NC3CCN(C)CC3)nc(N)c12.Cc1cccc(-c2ccc3c(N)nc(NC4CCN(C)CC4)nc3n2)c1. The number of likely N-dealkylation sites (tertiary alicyclic amines) is 2. The van der Waals surface area contributed by atoms with Crippen molar-refractivity contribution in [2.75, 3.05) is 62.4 Å². The second kappa shape index (κ2) is 15.8. The zero-order valence-corrected chi connectivity index (χ0v) is 31.5. The van der Waals surface area contributed by atoms with Crippen molar-refractivity contribution in [3.8, 4) is 22.5 Å². The van der Waals surface area contributed by atoms with Crippen LogP contribution in [0.5, 0.6) is 0 Å². The number of rotatable bonds is 6. The van der Waals surface area contributed by atoms with Gasteiger partial charge in [-0.25, -0.2) is 9.97 Å². The molecule has 0 bridgehead atoms. The Morgan fingerprint density at radius 1 is 0.642 bits per heavy atom. The van der Waals surface area contributed by atoms with Crippen LogP contribution in [-0.2, 0) is 0 Å². The Balaban J connectivity index is 0.000000164. The number of pyridine rings is 2. The molecule has 2 aliphatic heterocycles. The van der Waals surface area contributed by atoms with Crippen LogP contribution in [0.2, 0.25) is 5.02 Å². The summed E-state index contributed by atoms with van der Waals surface area (Å²) in [7, 11) is 4.29. The average Bonchev–Trinajstić information content (AvgIpc) is 3.15. The summed E-state index contributed by atoms with van der Waals surface area (Å²) in [5.41, 5.74) is 19.3. The number of piperidine rings is 2. The fraction of sp³-hybridized carbons (Fsp3) is 0.350. The summed E-state index contributed by atoms with van der Waals surface area (Å²) in [6.45, 7) is 8.29. The first kappa shape index (κ1) is 36.2. The van der Waals surface area contributed by atoms with Crippen molar-refractivity contribution in [2.45, 2.75) is 51.6 Å². The summed E-state index contributed by atoms with van der Waals surface area (Å²) in [5, 5.41) is 8.95. The zero-order chi connectivity index (χ0) is 37.1. The Hall–Kier alpha value is -5.17. The maximum absolute atomic E-state index is 6.59. The Morgan fingerprint density at radius 2 is 1.23 bits per heavy atom. The van der Waals surface area contributed by atoms with Gasteiger partial charge in [0.15, 0.2) is 11.3 Å². The largest absolute Gasteiger partial charge is 0.383 e. The minimum Gasteiger partial charge on any atom is -0.383 e. The third kappa shape index (κ3) is 8.40. The standard InChI is InChI=1S/C20H23ClN6.C20H24N6/c1-12-15-18(22)25-20(23-14-8-10-27(2)11-9-14)26-19(15)24-17(16(12)21)13-6-4-3-5-7-13;1-13-4-3-5-14(12-13)17-7-6-16-18(21)24-20(25-19(16)23-17)22-15-8-10-26(2)11-9-15/h3-7,14H,8-11H2,1-2H3,(H3,22,23,24,25,26);3-7,12,15H,8-11H2,1-2H3,(H3,21,22,23,24,25). The quantitative estimate of drug-likeness (QED) is 0.142. The van der Waals surface area contributed by atoms with Crippen molar-refractivity contribution in [1.29, 1.82) is 0 Å². The molecule has 0 aliphatic carbocycles. The summed E-state index contributed by atoms with van der Waals surface area (Å²) in [4.78, 5) is 32.3. The summed E-state index contributed by atoms with van der Waals surface area (Å²) in [6, 6.07) is 22.8. The van der Waals surface area contributed by atoms with Crippen LogP contribution in [0.4, 0.5) is 23.5 Å². The lowest BCUT2D eigenvalue weighted by Gasteiger charge is -2.29. The monoisotopic (exact) mass is 730 g/mol. The highest BCUT2D eigenvalue weighted by Gasteiger charge is 2.21. The van der Waals surface area contributed by atoms with Gasteiger partial charge >= 0.3 is 0 Å². The fourth-order valence-corrected chi connectivity index (χ4v) is 7.18. The van der Waals surface area contributed by atoms with Gasteiger partial charge in [0.1, 0.15) is 11.6 Å². The molecular formula is C40H47ClN12. The molecule has 2 fully saturated rings. The molecule has 0 unspecified atom stereocenters. The van der Waals surface area contributed by atoms with Crippen LogP contribution in [0.25, 0.3) is 44.6 Å².